The molecule has 4 heteroatoms. The Morgan fingerprint density at radius 1 is 1.71 bits per heavy atom. The summed E-state index contributed by atoms with van der Waals surface area (Å²) < 4.78 is 0. The first kappa shape index (κ1) is 11.0. The molecule has 1 N–H and O–H groups in total. The molecule has 0 bridgehead atoms. The molecule has 14 heavy (non-hydrogen) atoms. The monoisotopic (exact) mass is 212 g/mol. The number of aryl methyl sites for hydroxylation is 1. The number of rotatable bonds is 3. The third kappa shape index (κ3) is 3.00. The average molecular weight is 213 g/mol. The minimum absolute atomic E-state index is 0.0643. The van der Waals surface area contributed by atoms with Crippen molar-refractivity contribution in [2.45, 2.75) is 13.8 Å². The molecule has 1 aromatic heterocycles. The van der Waals surface area contributed by atoms with E-state index < -0.39 is 0 Å². The van der Waals surface area contributed by atoms with Crippen molar-refractivity contribution in [3.8, 4) is 0 Å². The lowest BCUT2D eigenvalue weighted by Gasteiger charge is -2.09. The first-order chi connectivity index (χ1) is 6.63. The van der Waals surface area contributed by atoms with Gasteiger partial charge in [-0.15, -0.1) is 11.6 Å². The van der Waals surface area contributed by atoms with Gasteiger partial charge in [0.1, 0.15) is 0 Å². The number of halogens is 1. The Morgan fingerprint density at radius 3 is 3.00 bits per heavy atom. The molecule has 1 heterocycles. The minimum atomic E-state index is -0.176. The Balaban J connectivity index is 2.65. The smallest absolute Gasteiger partial charge is 0.228 e. The summed E-state index contributed by atoms with van der Waals surface area (Å²) in [5, 5.41) is 2.77. The number of amides is 1. The molecule has 0 aliphatic rings. The second-order valence-electron chi connectivity index (χ2n) is 3.23. The molecule has 0 saturated carbocycles. The van der Waals surface area contributed by atoms with Crippen LogP contribution in [0.15, 0.2) is 18.3 Å². The maximum Gasteiger partial charge on any atom is 0.228 e. The van der Waals surface area contributed by atoms with E-state index in [0.717, 1.165) is 11.4 Å². The van der Waals surface area contributed by atoms with Crippen molar-refractivity contribution in [1.82, 2.24) is 4.98 Å². The van der Waals surface area contributed by atoms with Gasteiger partial charge < -0.3 is 5.32 Å². The summed E-state index contributed by atoms with van der Waals surface area (Å²) in [6, 6.07) is 3.57. The number of carbonyl (C=O) groups is 1. The van der Waals surface area contributed by atoms with Crippen LogP contribution in [0.25, 0.3) is 0 Å². The Hall–Kier alpha value is -1.09. The van der Waals surface area contributed by atoms with E-state index in [4.69, 9.17) is 11.6 Å². The SMILES string of the molecule is Cc1cc(NC(=O)C(C)CCl)ccn1. The Kier molecular flexibility index (Phi) is 3.89. The van der Waals surface area contributed by atoms with E-state index in [1.807, 2.05) is 13.0 Å². The van der Waals surface area contributed by atoms with E-state index in [2.05, 4.69) is 10.3 Å². The van der Waals surface area contributed by atoms with Gasteiger partial charge in [-0.2, -0.15) is 0 Å². The van der Waals surface area contributed by atoms with Crippen molar-refractivity contribution in [3.05, 3.63) is 24.0 Å². The van der Waals surface area contributed by atoms with Crippen molar-refractivity contribution < 1.29 is 4.79 Å². The van der Waals surface area contributed by atoms with Crippen LogP contribution in [0.2, 0.25) is 0 Å². The summed E-state index contributed by atoms with van der Waals surface area (Å²) >= 11 is 5.57. The molecule has 0 aromatic carbocycles. The highest BCUT2D eigenvalue weighted by Gasteiger charge is 2.11. The van der Waals surface area contributed by atoms with Gasteiger partial charge in [-0.3, -0.25) is 9.78 Å². The summed E-state index contributed by atoms with van der Waals surface area (Å²) in [4.78, 5) is 15.5. The summed E-state index contributed by atoms with van der Waals surface area (Å²) in [5.41, 5.74) is 1.64. The molecule has 1 unspecified atom stereocenters. The van der Waals surface area contributed by atoms with Gasteiger partial charge >= 0.3 is 0 Å². The average Bonchev–Trinajstić information content (AvgIpc) is 2.16. The predicted octanol–water partition coefficient (Wildman–Crippen LogP) is 2.20. The summed E-state index contributed by atoms with van der Waals surface area (Å²) in [6.07, 6.45) is 1.66. The molecule has 0 aliphatic carbocycles. The van der Waals surface area contributed by atoms with Crippen molar-refractivity contribution >= 4 is 23.2 Å². The lowest BCUT2D eigenvalue weighted by molar-refractivity contribution is -0.118. The number of aromatic nitrogens is 1. The zero-order chi connectivity index (χ0) is 10.6. The maximum absolute atomic E-state index is 11.4. The van der Waals surface area contributed by atoms with Crippen LogP contribution in [0.3, 0.4) is 0 Å². The van der Waals surface area contributed by atoms with Gasteiger partial charge in [0.15, 0.2) is 0 Å². The molecular formula is C10H13ClN2O. The number of anilines is 1. The summed E-state index contributed by atoms with van der Waals surface area (Å²) in [5.74, 6) is 0.0892. The van der Waals surface area contributed by atoms with Gasteiger partial charge in [0.2, 0.25) is 5.91 Å². The van der Waals surface area contributed by atoms with E-state index in [9.17, 15) is 4.79 Å². The first-order valence-electron chi connectivity index (χ1n) is 4.43. The van der Waals surface area contributed by atoms with E-state index in [1.54, 1.807) is 19.2 Å². The van der Waals surface area contributed by atoms with Crippen LogP contribution < -0.4 is 5.32 Å². The molecule has 0 saturated heterocycles. The van der Waals surface area contributed by atoms with Crippen LogP contribution in [0.4, 0.5) is 5.69 Å². The zero-order valence-electron chi connectivity index (χ0n) is 8.25. The highest BCUT2D eigenvalue weighted by molar-refractivity contribution is 6.19. The maximum atomic E-state index is 11.4. The number of hydrogen-bond donors (Lipinski definition) is 1. The number of carbonyl (C=O) groups excluding carboxylic acids is 1. The fourth-order valence-corrected chi connectivity index (χ4v) is 1.10. The Labute approximate surface area is 88.5 Å². The van der Waals surface area contributed by atoms with Crippen molar-refractivity contribution in [2.24, 2.45) is 5.92 Å². The molecule has 0 fully saturated rings. The second kappa shape index (κ2) is 4.96. The van der Waals surface area contributed by atoms with Crippen LogP contribution in [-0.4, -0.2) is 16.8 Å². The van der Waals surface area contributed by atoms with E-state index in [-0.39, 0.29) is 11.8 Å². The normalized spacial score (nSPS) is 12.2. The van der Waals surface area contributed by atoms with Gasteiger partial charge in [-0.25, -0.2) is 0 Å². The zero-order valence-corrected chi connectivity index (χ0v) is 9.01. The third-order valence-corrected chi connectivity index (χ3v) is 2.31. The molecule has 76 valence electrons. The standard InChI is InChI=1S/C10H13ClN2O/c1-7(6-11)10(14)13-9-3-4-12-8(2)5-9/h3-5,7H,6H2,1-2H3,(H,12,13,14). The van der Waals surface area contributed by atoms with E-state index in [1.165, 1.54) is 0 Å². The molecule has 1 atom stereocenters. The fourth-order valence-electron chi connectivity index (χ4n) is 0.959. The van der Waals surface area contributed by atoms with Crippen molar-refractivity contribution in [1.29, 1.82) is 0 Å². The highest BCUT2D eigenvalue weighted by atomic mass is 35.5. The quantitative estimate of drug-likeness (QED) is 0.781. The van der Waals surface area contributed by atoms with E-state index >= 15 is 0 Å². The molecular weight excluding hydrogens is 200 g/mol. The second-order valence-corrected chi connectivity index (χ2v) is 3.54. The third-order valence-electron chi connectivity index (χ3n) is 1.84. The Morgan fingerprint density at radius 2 is 2.43 bits per heavy atom. The van der Waals surface area contributed by atoms with Crippen LogP contribution in [0.1, 0.15) is 12.6 Å². The highest BCUT2D eigenvalue weighted by Crippen LogP contribution is 2.09. The summed E-state index contributed by atoms with van der Waals surface area (Å²) in [7, 11) is 0. The lowest BCUT2D eigenvalue weighted by Crippen LogP contribution is -2.21. The number of hydrogen-bond acceptors (Lipinski definition) is 2. The van der Waals surface area contributed by atoms with E-state index in [0.29, 0.717) is 5.88 Å². The summed E-state index contributed by atoms with van der Waals surface area (Å²) in [6.45, 7) is 3.66. The van der Waals surface area contributed by atoms with Gasteiger partial charge in [0.25, 0.3) is 0 Å². The Bertz CT molecular complexity index is 328. The number of alkyl halides is 1. The molecule has 0 spiro atoms. The van der Waals surface area contributed by atoms with Gasteiger partial charge in [0.05, 0.1) is 0 Å². The van der Waals surface area contributed by atoms with Crippen molar-refractivity contribution in [3.63, 3.8) is 0 Å². The minimum Gasteiger partial charge on any atom is -0.326 e. The van der Waals surface area contributed by atoms with Gasteiger partial charge in [0, 0.05) is 29.4 Å². The first-order valence-corrected chi connectivity index (χ1v) is 4.96. The molecule has 1 amide bonds. The molecule has 3 nitrogen and oxygen atoms in total. The van der Waals surface area contributed by atoms with Gasteiger partial charge in [-0.1, -0.05) is 6.92 Å². The molecule has 1 aromatic rings. The van der Waals surface area contributed by atoms with Crippen LogP contribution in [0, 0.1) is 12.8 Å². The predicted molar refractivity (Wildman–Crippen MR) is 57.5 cm³/mol. The van der Waals surface area contributed by atoms with Crippen molar-refractivity contribution in [2.75, 3.05) is 11.2 Å². The number of nitrogens with zero attached hydrogens (tertiary/aromatic N) is 1. The molecule has 0 radical (unpaired) electrons. The molecule has 0 aliphatic heterocycles. The number of nitrogens with one attached hydrogen (secondary N) is 1. The van der Waals surface area contributed by atoms with Gasteiger partial charge in [-0.05, 0) is 19.1 Å². The fraction of sp³-hybridized carbons (Fsp3) is 0.400. The largest absolute Gasteiger partial charge is 0.326 e. The lowest BCUT2D eigenvalue weighted by atomic mass is 10.2. The van der Waals surface area contributed by atoms with Crippen LogP contribution in [-0.2, 0) is 4.79 Å². The topological polar surface area (TPSA) is 42.0 Å². The van der Waals surface area contributed by atoms with Crippen LogP contribution >= 0.6 is 11.6 Å². The van der Waals surface area contributed by atoms with Crippen LogP contribution in [0.5, 0.6) is 0 Å². The number of pyridine rings is 1. The molecule has 1 rings (SSSR count).